The normalized spacial score (nSPS) is 22.4. The van der Waals surface area contributed by atoms with Crippen LogP contribution in [-0.2, 0) is 9.47 Å². The summed E-state index contributed by atoms with van der Waals surface area (Å²) in [6.07, 6.45) is -0.190. The number of rotatable bonds is 4. The van der Waals surface area contributed by atoms with Crippen molar-refractivity contribution >= 4 is 11.8 Å². The lowest BCUT2D eigenvalue weighted by atomic mass is 10.4. The Bertz CT molecular complexity index is 104. The maximum atomic E-state index is 8.94. The van der Waals surface area contributed by atoms with Crippen LogP contribution in [0.3, 0.4) is 0 Å². The molecule has 11 heavy (non-hydrogen) atoms. The third-order valence-corrected chi connectivity index (χ3v) is 2.64. The maximum absolute atomic E-state index is 8.94. The predicted octanol–water partition coefficient (Wildman–Crippen LogP) is 0.473. The summed E-state index contributed by atoms with van der Waals surface area (Å²) in [5.74, 6) is 0.981. The Kier molecular flexibility index (Phi) is 4.22. The second kappa shape index (κ2) is 4.98. The van der Waals surface area contributed by atoms with Gasteiger partial charge in [0.05, 0.1) is 25.1 Å². The summed E-state index contributed by atoms with van der Waals surface area (Å²) >= 11 is 1.67. The standard InChI is InChI=1S/C7H14O3S/c1-2-11-6(5-8)7-9-3-4-10-7/h6-8H,2-5H2,1H3. The smallest absolute Gasteiger partial charge is 0.171 e. The molecule has 0 aliphatic carbocycles. The van der Waals surface area contributed by atoms with Gasteiger partial charge in [-0.15, -0.1) is 0 Å². The van der Waals surface area contributed by atoms with Crippen molar-refractivity contribution in [2.24, 2.45) is 0 Å². The van der Waals surface area contributed by atoms with E-state index < -0.39 is 0 Å². The molecule has 0 amide bonds. The van der Waals surface area contributed by atoms with Crippen LogP contribution in [0, 0.1) is 0 Å². The van der Waals surface area contributed by atoms with E-state index in [4.69, 9.17) is 14.6 Å². The van der Waals surface area contributed by atoms with Crippen molar-refractivity contribution in [2.75, 3.05) is 25.6 Å². The highest BCUT2D eigenvalue weighted by atomic mass is 32.2. The number of hydrogen-bond acceptors (Lipinski definition) is 4. The minimum absolute atomic E-state index is 0.0856. The molecule has 1 heterocycles. The van der Waals surface area contributed by atoms with E-state index in [2.05, 4.69) is 6.92 Å². The van der Waals surface area contributed by atoms with Crippen LogP contribution in [0.1, 0.15) is 6.92 Å². The second-order valence-electron chi connectivity index (χ2n) is 2.29. The summed E-state index contributed by atoms with van der Waals surface area (Å²) in [7, 11) is 0. The maximum Gasteiger partial charge on any atom is 0.171 e. The Labute approximate surface area is 71.1 Å². The molecule has 1 unspecified atom stereocenters. The molecule has 0 aromatic heterocycles. The molecule has 1 aliphatic rings. The molecule has 1 atom stereocenters. The Morgan fingerprint density at radius 2 is 2.18 bits per heavy atom. The second-order valence-corrected chi connectivity index (χ2v) is 3.80. The molecule has 4 heteroatoms. The van der Waals surface area contributed by atoms with Gasteiger partial charge in [-0.2, -0.15) is 11.8 Å². The molecular formula is C7H14O3S. The van der Waals surface area contributed by atoms with E-state index >= 15 is 0 Å². The van der Waals surface area contributed by atoms with Gasteiger partial charge in [0, 0.05) is 0 Å². The molecule has 66 valence electrons. The molecule has 0 aromatic rings. The van der Waals surface area contributed by atoms with E-state index in [0.717, 1.165) is 5.75 Å². The lowest BCUT2D eigenvalue weighted by Crippen LogP contribution is -2.27. The minimum Gasteiger partial charge on any atom is -0.395 e. The molecule has 0 saturated carbocycles. The van der Waals surface area contributed by atoms with E-state index in [0.29, 0.717) is 13.2 Å². The Morgan fingerprint density at radius 3 is 2.64 bits per heavy atom. The van der Waals surface area contributed by atoms with Crippen molar-refractivity contribution in [3.05, 3.63) is 0 Å². The van der Waals surface area contributed by atoms with Gasteiger partial charge in [0.1, 0.15) is 0 Å². The third kappa shape index (κ3) is 2.63. The van der Waals surface area contributed by atoms with E-state index in [1.165, 1.54) is 0 Å². The highest BCUT2D eigenvalue weighted by Crippen LogP contribution is 2.20. The van der Waals surface area contributed by atoms with Crippen molar-refractivity contribution in [1.29, 1.82) is 0 Å². The SMILES string of the molecule is CCSC(CO)C1OCCO1. The molecular weight excluding hydrogens is 164 g/mol. The number of ether oxygens (including phenoxy) is 2. The van der Waals surface area contributed by atoms with Crippen LogP contribution in [0.15, 0.2) is 0 Å². The average Bonchev–Trinajstić information content (AvgIpc) is 2.52. The molecule has 1 rings (SSSR count). The van der Waals surface area contributed by atoms with Gasteiger partial charge in [-0.05, 0) is 5.75 Å². The molecule has 0 spiro atoms. The third-order valence-electron chi connectivity index (χ3n) is 1.51. The Morgan fingerprint density at radius 1 is 1.55 bits per heavy atom. The lowest BCUT2D eigenvalue weighted by molar-refractivity contribution is -0.0496. The zero-order chi connectivity index (χ0) is 8.10. The van der Waals surface area contributed by atoms with Crippen LogP contribution in [0.25, 0.3) is 0 Å². The van der Waals surface area contributed by atoms with Gasteiger partial charge in [0.2, 0.25) is 0 Å². The number of hydrogen-bond donors (Lipinski definition) is 1. The van der Waals surface area contributed by atoms with Crippen molar-refractivity contribution in [1.82, 2.24) is 0 Å². The first-order valence-corrected chi connectivity index (χ1v) is 4.89. The number of aliphatic hydroxyl groups is 1. The molecule has 1 saturated heterocycles. The summed E-state index contributed by atoms with van der Waals surface area (Å²) in [6, 6.07) is 0. The van der Waals surface area contributed by atoms with Crippen LogP contribution in [0.4, 0.5) is 0 Å². The van der Waals surface area contributed by atoms with Crippen molar-refractivity contribution in [2.45, 2.75) is 18.5 Å². The monoisotopic (exact) mass is 178 g/mol. The highest BCUT2D eigenvalue weighted by Gasteiger charge is 2.25. The summed E-state index contributed by atoms with van der Waals surface area (Å²) in [6.45, 7) is 3.50. The van der Waals surface area contributed by atoms with Gasteiger partial charge in [-0.3, -0.25) is 0 Å². The molecule has 1 aliphatic heterocycles. The zero-order valence-electron chi connectivity index (χ0n) is 6.66. The predicted molar refractivity (Wildman–Crippen MR) is 44.7 cm³/mol. The first-order valence-electron chi connectivity index (χ1n) is 3.84. The largest absolute Gasteiger partial charge is 0.395 e. The van der Waals surface area contributed by atoms with Gasteiger partial charge in [0.25, 0.3) is 0 Å². The fraction of sp³-hybridized carbons (Fsp3) is 1.00. The molecule has 1 N–H and O–H groups in total. The van der Waals surface area contributed by atoms with Crippen LogP contribution < -0.4 is 0 Å². The molecule has 0 bridgehead atoms. The van der Waals surface area contributed by atoms with E-state index in [-0.39, 0.29) is 18.1 Å². The summed E-state index contributed by atoms with van der Waals surface area (Å²) in [5, 5.41) is 9.02. The van der Waals surface area contributed by atoms with Crippen LogP contribution in [0.5, 0.6) is 0 Å². The van der Waals surface area contributed by atoms with Gasteiger partial charge < -0.3 is 14.6 Å². The molecule has 0 aromatic carbocycles. The topological polar surface area (TPSA) is 38.7 Å². The van der Waals surface area contributed by atoms with E-state index in [9.17, 15) is 0 Å². The average molecular weight is 178 g/mol. The quantitative estimate of drug-likeness (QED) is 0.679. The lowest BCUT2D eigenvalue weighted by Gasteiger charge is -2.18. The summed E-state index contributed by atoms with van der Waals surface area (Å²) in [4.78, 5) is 0. The number of aliphatic hydroxyl groups excluding tert-OH is 1. The van der Waals surface area contributed by atoms with Crippen LogP contribution in [0.2, 0.25) is 0 Å². The highest BCUT2D eigenvalue weighted by molar-refractivity contribution is 7.99. The van der Waals surface area contributed by atoms with E-state index in [1.54, 1.807) is 11.8 Å². The first-order chi connectivity index (χ1) is 5.38. The van der Waals surface area contributed by atoms with Crippen LogP contribution in [-0.4, -0.2) is 42.2 Å². The fourth-order valence-electron chi connectivity index (χ4n) is 1.02. The van der Waals surface area contributed by atoms with Crippen molar-refractivity contribution in [3.63, 3.8) is 0 Å². The summed E-state index contributed by atoms with van der Waals surface area (Å²) in [5.41, 5.74) is 0. The van der Waals surface area contributed by atoms with Gasteiger partial charge >= 0.3 is 0 Å². The minimum atomic E-state index is -0.190. The Hall–Kier alpha value is 0.230. The summed E-state index contributed by atoms with van der Waals surface area (Å²) < 4.78 is 10.5. The number of thioether (sulfide) groups is 1. The molecule has 1 fully saturated rings. The van der Waals surface area contributed by atoms with Gasteiger partial charge in [0.15, 0.2) is 6.29 Å². The fourth-order valence-corrected chi connectivity index (χ4v) is 1.87. The zero-order valence-corrected chi connectivity index (χ0v) is 7.47. The van der Waals surface area contributed by atoms with Crippen molar-refractivity contribution in [3.8, 4) is 0 Å². The van der Waals surface area contributed by atoms with Gasteiger partial charge in [-0.25, -0.2) is 0 Å². The van der Waals surface area contributed by atoms with Gasteiger partial charge in [-0.1, -0.05) is 6.92 Å². The van der Waals surface area contributed by atoms with Crippen molar-refractivity contribution < 1.29 is 14.6 Å². The molecule has 3 nitrogen and oxygen atoms in total. The first kappa shape index (κ1) is 9.32. The Balaban J connectivity index is 2.27. The van der Waals surface area contributed by atoms with E-state index in [1.807, 2.05) is 0 Å². The molecule has 0 radical (unpaired) electrons. The van der Waals surface area contributed by atoms with Crippen LogP contribution >= 0.6 is 11.8 Å².